The predicted octanol–water partition coefficient (Wildman–Crippen LogP) is 2.11. The van der Waals surface area contributed by atoms with E-state index in [1.807, 2.05) is 0 Å². The fourth-order valence-corrected chi connectivity index (χ4v) is 2.20. The summed E-state index contributed by atoms with van der Waals surface area (Å²) in [6.45, 7) is 0.872. The van der Waals surface area contributed by atoms with E-state index in [0.717, 1.165) is 0 Å². The molecule has 0 saturated carbocycles. The molecular weight excluding hydrogens is 243 g/mol. The lowest BCUT2D eigenvalue weighted by Crippen LogP contribution is -2.28. The second-order valence-electron chi connectivity index (χ2n) is 4.30. The van der Waals surface area contributed by atoms with Crippen LogP contribution in [0.3, 0.4) is 0 Å². The minimum absolute atomic E-state index is 0.0505. The number of nitrogens with zero attached hydrogens (tertiary/aromatic N) is 2. The largest absolute Gasteiger partial charge is 0.419 e. The summed E-state index contributed by atoms with van der Waals surface area (Å²) in [6.07, 6.45) is -3.87. The van der Waals surface area contributed by atoms with Crippen LogP contribution in [0.5, 0.6) is 0 Å². The summed E-state index contributed by atoms with van der Waals surface area (Å²) in [5.41, 5.74) is 4.55. The lowest BCUT2D eigenvalue weighted by Gasteiger charge is -2.23. The zero-order valence-corrected chi connectivity index (χ0v) is 9.54. The summed E-state index contributed by atoms with van der Waals surface area (Å²) in [5.74, 6) is 0. The molecule has 2 rings (SSSR count). The van der Waals surface area contributed by atoms with Crippen LogP contribution in [0.2, 0.25) is 0 Å². The van der Waals surface area contributed by atoms with Gasteiger partial charge >= 0.3 is 6.18 Å². The predicted molar refractivity (Wildman–Crippen MR) is 61.0 cm³/mol. The van der Waals surface area contributed by atoms with Gasteiger partial charge in [-0.3, -0.25) is 0 Å². The van der Waals surface area contributed by atoms with Gasteiger partial charge in [0.15, 0.2) is 0 Å². The molecule has 18 heavy (non-hydrogen) atoms. The minimum Gasteiger partial charge on any atom is -0.369 e. The van der Waals surface area contributed by atoms with Crippen LogP contribution in [0.1, 0.15) is 17.5 Å². The number of alkyl halides is 3. The average molecular weight is 255 g/mol. The van der Waals surface area contributed by atoms with Crippen molar-refractivity contribution in [2.24, 2.45) is 5.73 Å². The Labute approximate surface area is 103 Å². The van der Waals surface area contributed by atoms with Gasteiger partial charge in [-0.2, -0.15) is 18.4 Å². The van der Waals surface area contributed by atoms with E-state index in [0.29, 0.717) is 19.5 Å². The van der Waals surface area contributed by atoms with E-state index in [1.54, 1.807) is 11.0 Å². The molecule has 96 valence electrons. The van der Waals surface area contributed by atoms with E-state index >= 15 is 0 Å². The number of anilines is 1. The topological polar surface area (TPSA) is 53.0 Å². The van der Waals surface area contributed by atoms with Gasteiger partial charge in [-0.15, -0.1) is 0 Å². The molecule has 1 aromatic rings. The van der Waals surface area contributed by atoms with E-state index in [-0.39, 0.29) is 17.3 Å². The highest BCUT2D eigenvalue weighted by Gasteiger charge is 2.38. The number of halogens is 3. The minimum atomic E-state index is -4.53. The Morgan fingerprint density at radius 1 is 1.39 bits per heavy atom. The summed E-state index contributed by atoms with van der Waals surface area (Å²) in [5, 5.41) is 8.81. The number of hydrogen-bond acceptors (Lipinski definition) is 3. The second kappa shape index (κ2) is 4.50. The number of benzene rings is 1. The number of nitrogens with two attached hydrogens (primary N) is 1. The van der Waals surface area contributed by atoms with Gasteiger partial charge in [-0.1, -0.05) is 6.07 Å². The summed E-state index contributed by atoms with van der Waals surface area (Å²) < 4.78 is 39.1. The van der Waals surface area contributed by atoms with Crippen LogP contribution in [-0.2, 0) is 6.18 Å². The van der Waals surface area contributed by atoms with E-state index in [1.165, 1.54) is 18.2 Å². The molecule has 0 bridgehead atoms. The highest BCUT2D eigenvalue weighted by Crippen LogP contribution is 2.39. The molecule has 1 heterocycles. The summed E-state index contributed by atoms with van der Waals surface area (Å²) in [7, 11) is 0. The maximum Gasteiger partial charge on any atom is 0.419 e. The van der Waals surface area contributed by atoms with Crippen molar-refractivity contribution in [3.8, 4) is 6.07 Å². The second-order valence-corrected chi connectivity index (χ2v) is 4.30. The van der Waals surface area contributed by atoms with Crippen molar-refractivity contribution in [3.05, 3.63) is 29.3 Å². The molecule has 3 nitrogen and oxygen atoms in total. The molecule has 0 amide bonds. The van der Waals surface area contributed by atoms with Gasteiger partial charge in [-0.05, 0) is 18.6 Å². The van der Waals surface area contributed by atoms with Crippen LogP contribution in [0.15, 0.2) is 18.2 Å². The lowest BCUT2D eigenvalue weighted by atomic mass is 10.0. The highest BCUT2D eigenvalue weighted by molar-refractivity contribution is 5.61. The Bertz CT molecular complexity index is 490. The maximum atomic E-state index is 13.0. The molecule has 1 aliphatic rings. The van der Waals surface area contributed by atoms with Gasteiger partial charge in [-0.25, -0.2) is 0 Å². The van der Waals surface area contributed by atoms with Crippen LogP contribution >= 0.6 is 0 Å². The molecule has 1 aliphatic heterocycles. The molecule has 1 unspecified atom stereocenters. The molecule has 6 heteroatoms. The third-order valence-electron chi connectivity index (χ3n) is 3.01. The Balaban J connectivity index is 2.51. The first-order valence-corrected chi connectivity index (χ1v) is 5.54. The van der Waals surface area contributed by atoms with Crippen LogP contribution in [0.4, 0.5) is 18.9 Å². The molecule has 2 N–H and O–H groups in total. The van der Waals surface area contributed by atoms with Gasteiger partial charge in [0.2, 0.25) is 0 Å². The van der Waals surface area contributed by atoms with Crippen molar-refractivity contribution >= 4 is 5.69 Å². The summed E-state index contributed by atoms with van der Waals surface area (Å²) in [6, 6.07) is 5.52. The average Bonchev–Trinajstić information content (AvgIpc) is 2.73. The van der Waals surface area contributed by atoms with Crippen molar-refractivity contribution in [1.29, 1.82) is 5.26 Å². The van der Waals surface area contributed by atoms with E-state index in [9.17, 15) is 13.2 Å². The molecular formula is C12H12F3N3. The first kappa shape index (κ1) is 12.7. The Kier molecular flexibility index (Phi) is 3.18. The van der Waals surface area contributed by atoms with Crippen molar-refractivity contribution in [1.82, 2.24) is 0 Å². The Hall–Kier alpha value is -1.74. The first-order valence-electron chi connectivity index (χ1n) is 5.54. The van der Waals surface area contributed by atoms with Crippen LogP contribution in [0, 0.1) is 11.3 Å². The van der Waals surface area contributed by atoms with Gasteiger partial charge in [0.25, 0.3) is 0 Å². The zero-order valence-electron chi connectivity index (χ0n) is 9.54. The fourth-order valence-electron chi connectivity index (χ4n) is 2.20. The third kappa shape index (κ3) is 2.27. The van der Waals surface area contributed by atoms with Crippen molar-refractivity contribution in [2.45, 2.75) is 18.6 Å². The Morgan fingerprint density at radius 2 is 2.11 bits per heavy atom. The number of rotatable bonds is 1. The van der Waals surface area contributed by atoms with E-state index < -0.39 is 11.7 Å². The molecule has 1 atom stereocenters. The SMILES string of the molecule is N#Cc1cccc(N2CCC(N)C2)c1C(F)(F)F. The van der Waals surface area contributed by atoms with Gasteiger partial charge < -0.3 is 10.6 Å². The molecule has 1 fully saturated rings. The molecule has 0 spiro atoms. The van der Waals surface area contributed by atoms with Crippen LogP contribution < -0.4 is 10.6 Å². The number of nitriles is 1. The monoisotopic (exact) mass is 255 g/mol. The molecule has 1 saturated heterocycles. The molecule has 0 aromatic heterocycles. The van der Waals surface area contributed by atoms with Crippen LogP contribution in [-0.4, -0.2) is 19.1 Å². The van der Waals surface area contributed by atoms with E-state index in [2.05, 4.69) is 0 Å². The third-order valence-corrected chi connectivity index (χ3v) is 3.01. The van der Waals surface area contributed by atoms with Crippen molar-refractivity contribution in [3.63, 3.8) is 0 Å². The molecule has 0 radical (unpaired) electrons. The smallest absolute Gasteiger partial charge is 0.369 e. The van der Waals surface area contributed by atoms with Crippen LogP contribution in [0.25, 0.3) is 0 Å². The lowest BCUT2D eigenvalue weighted by molar-refractivity contribution is -0.137. The van der Waals surface area contributed by atoms with E-state index in [4.69, 9.17) is 11.0 Å². The summed E-state index contributed by atoms with van der Waals surface area (Å²) in [4.78, 5) is 1.59. The Morgan fingerprint density at radius 3 is 2.61 bits per heavy atom. The normalized spacial score (nSPS) is 19.9. The maximum absolute atomic E-state index is 13.0. The zero-order chi connectivity index (χ0) is 13.3. The van der Waals surface area contributed by atoms with Crippen molar-refractivity contribution in [2.75, 3.05) is 18.0 Å². The highest BCUT2D eigenvalue weighted by atomic mass is 19.4. The summed E-state index contributed by atoms with van der Waals surface area (Å²) >= 11 is 0. The first-order chi connectivity index (χ1) is 8.43. The molecule has 0 aliphatic carbocycles. The quantitative estimate of drug-likeness (QED) is 0.836. The van der Waals surface area contributed by atoms with Gasteiger partial charge in [0.05, 0.1) is 22.9 Å². The molecule has 1 aromatic carbocycles. The standard InChI is InChI=1S/C12H12F3N3/c13-12(14,15)11-8(6-16)2-1-3-10(11)18-5-4-9(17)7-18/h1-3,9H,4-5,7,17H2. The fraction of sp³-hybridized carbons (Fsp3) is 0.417. The number of hydrogen-bond donors (Lipinski definition) is 1. The van der Waals surface area contributed by atoms with Gasteiger partial charge in [0, 0.05) is 19.1 Å². The van der Waals surface area contributed by atoms with Gasteiger partial charge in [0.1, 0.15) is 0 Å². The van der Waals surface area contributed by atoms with Crippen molar-refractivity contribution < 1.29 is 13.2 Å².